The summed E-state index contributed by atoms with van der Waals surface area (Å²) in [5.74, 6) is 0.174. The molecule has 0 saturated heterocycles. The molecule has 3 heteroatoms. The Bertz CT molecular complexity index is 501. The van der Waals surface area contributed by atoms with Crippen LogP contribution < -0.4 is 5.32 Å². The van der Waals surface area contributed by atoms with E-state index in [1.807, 2.05) is 31.4 Å². The van der Waals surface area contributed by atoms with E-state index in [1.165, 1.54) is 10.9 Å². The van der Waals surface area contributed by atoms with Crippen molar-refractivity contribution in [1.82, 2.24) is 10.3 Å². The number of nitrogens with one attached hydrogen (secondary N) is 2. The van der Waals surface area contributed by atoms with E-state index in [0.29, 0.717) is 0 Å². The third kappa shape index (κ3) is 1.99. The minimum Gasteiger partial charge on any atom is -0.361 e. The fourth-order valence-electron chi connectivity index (χ4n) is 1.97. The normalized spacial score (nSPS) is 12.9. The average Bonchev–Trinajstić information content (AvgIpc) is 2.69. The van der Waals surface area contributed by atoms with Crippen LogP contribution in [0.25, 0.3) is 10.9 Å². The fraction of sp³-hybridized carbons (Fsp3) is 0.308. The molecule has 84 valence electrons. The van der Waals surface area contributed by atoms with E-state index in [2.05, 4.69) is 16.4 Å². The molecule has 2 aromatic rings. The minimum atomic E-state index is -0.0980. The molecule has 2 N–H and O–H groups in total. The average molecular weight is 216 g/mol. The maximum Gasteiger partial charge on any atom is 0.147 e. The standard InChI is InChI=1S/C13H16N2O/c1-9(16)13(14-2)7-10-8-15-12-6-4-3-5-11(10)12/h3-6,8,13-15H,7H2,1-2H3/t13-/m0/s1. The predicted octanol–water partition coefficient (Wildman–Crippen LogP) is 1.89. The van der Waals surface area contributed by atoms with Crippen molar-refractivity contribution in [3.05, 3.63) is 36.0 Å². The highest BCUT2D eigenvalue weighted by molar-refractivity contribution is 5.86. The van der Waals surface area contributed by atoms with Gasteiger partial charge in [0.1, 0.15) is 5.78 Å². The largest absolute Gasteiger partial charge is 0.361 e. The van der Waals surface area contributed by atoms with Crippen LogP contribution in [0.3, 0.4) is 0 Å². The fourth-order valence-corrected chi connectivity index (χ4v) is 1.97. The molecule has 16 heavy (non-hydrogen) atoms. The molecule has 2 rings (SSSR count). The summed E-state index contributed by atoms with van der Waals surface area (Å²) in [5, 5.41) is 4.24. The van der Waals surface area contributed by atoms with Crippen molar-refractivity contribution < 1.29 is 4.79 Å². The van der Waals surface area contributed by atoms with Crippen LogP contribution in [0, 0.1) is 0 Å². The van der Waals surface area contributed by atoms with Gasteiger partial charge in [-0.2, -0.15) is 0 Å². The highest BCUT2D eigenvalue weighted by Crippen LogP contribution is 2.19. The van der Waals surface area contributed by atoms with Crippen LogP contribution in [-0.4, -0.2) is 23.9 Å². The van der Waals surface area contributed by atoms with Gasteiger partial charge in [-0.3, -0.25) is 4.79 Å². The summed E-state index contributed by atoms with van der Waals surface area (Å²) in [5.41, 5.74) is 2.31. The lowest BCUT2D eigenvalue weighted by Gasteiger charge is -2.11. The zero-order valence-electron chi connectivity index (χ0n) is 9.58. The van der Waals surface area contributed by atoms with Crippen molar-refractivity contribution in [3.8, 4) is 0 Å². The van der Waals surface area contributed by atoms with Gasteiger partial charge in [-0.15, -0.1) is 0 Å². The Labute approximate surface area is 94.9 Å². The molecule has 3 nitrogen and oxygen atoms in total. The van der Waals surface area contributed by atoms with Gasteiger partial charge >= 0.3 is 0 Å². The van der Waals surface area contributed by atoms with Crippen molar-refractivity contribution in [1.29, 1.82) is 0 Å². The Hall–Kier alpha value is -1.61. The zero-order chi connectivity index (χ0) is 11.5. The number of carbonyl (C=O) groups excluding carboxylic acids is 1. The molecule has 0 spiro atoms. The van der Waals surface area contributed by atoms with Gasteiger partial charge in [0.15, 0.2) is 0 Å². The molecule has 0 aliphatic carbocycles. The number of likely N-dealkylation sites (N-methyl/N-ethyl adjacent to an activating group) is 1. The molecule has 0 unspecified atom stereocenters. The van der Waals surface area contributed by atoms with Crippen LogP contribution in [0.1, 0.15) is 12.5 Å². The Kier molecular flexibility index (Phi) is 3.06. The van der Waals surface area contributed by atoms with Gasteiger partial charge in [0.05, 0.1) is 6.04 Å². The SMILES string of the molecule is CN[C@@H](Cc1c[nH]c2ccccc12)C(C)=O. The van der Waals surface area contributed by atoms with Crippen molar-refractivity contribution >= 4 is 16.7 Å². The number of rotatable bonds is 4. The summed E-state index contributed by atoms with van der Waals surface area (Å²) < 4.78 is 0. The molecule has 0 aliphatic heterocycles. The lowest BCUT2D eigenvalue weighted by molar-refractivity contribution is -0.118. The first-order chi connectivity index (χ1) is 7.72. The molecular formula is C13H16N2O. The second kappa shape index (κ2) is 4.49. The topological polar surface area (TPSA) is 44.9 Å². The Morgan fingerprint density at radius 2 is 2.19 bits per heavy atom. The van der Waals surface area contributed by atoms with E-state index in [-0.39, 0.29) is 11.8 Å². The van der Waals surface area contributed by atoms with E-state index < -0.39 is 0 Å². The monoisotopic (exact) mass is 216 g/mol. The molecule has 0 aliphatic rings. The van der Waals surface area contributed by atoms with Crippen LogP contribution in [0.4, 0.5) is 0 Å². The third-order valence-corrected chi connectivity index (χ3v) is 2.94. The first-order valence-corrected chi connectivity index (χ1v) is 5.45. The highest BCUT2D eigenvalue weighted by atomic mass is 16.1. The molecule has 1 heterocycles. The van der Waals surface area contributed by atoms with Gasteiger partial charge in [0.2, 0.25) is 0 Å². The van der Waals surface area contributed by atoms with Gasteiger partial charge < -0.3 is 10.3 Å². The molecule has 0 radical (unpaired) electrons. The Morgan fingerprint density at radius 3 is 2.88 bits per heavy atom. The van der Waals surface area contributed by atoms with Gasteiger partial charge in [-0.1, -0.05) is 18.2 Å². The van der Waals surface area contributed by atoms with E-state index in [4.69, 9.17) is 0 Å². The number of aromatic amines is 1. The molecule has 0 amide bonds. The van der Waals surface area contributed by atoms with Gasteiger partial charge in [0.25, 0.3) is 0 Å². The number of Topliss-reactive ketones (excluding diaryl/α,β-unsaturated/α-hetero) is 1. The number of ketones is 1. The number of benzene rings is 1. The summed E-state index contributed by atoms with van der Waals surface area (Å²) in [7, 11) is 1.82. The summed E-state index contributed by atoms with van der Waals surface area (Å²) in [6.07, 6.45) is 2.72. The van der Waals surface area contributed by atoms with Gasteiger partial charge in [-0.25, -0.2) is 0 Å². The predicted molar refractivity (Wildman–Crippen MR) is 65.5 cm³/mol. The first kappa shape index (κ1) is 10.9. The molecule has 0 saturated carbocycles. The van der Waals surface area contributed by atoms with E-state index in [1.54, 1.807) is 6.92 Å². The smallest absolute Gasteiger partial charge is 0.147 e. The first-order valence-electron chi connectivity index (χ1n) is 5.45. The van der Waals surface area contributed by atoms with E-state index in [9.17, 15) is 4.79 Å². The number of para-hydroxylation sites is 1. The lowest BCUT2D eigenvalue weighted by atomic mass is 10.0. The van der Waals surface area contributed by atoms with Crippen LogP contribution in [0.5, 0.6) is 0 Å². The van der Waals surface area contributed by atoms with Crippen LogP contribution in [0.15, 0.2) is 30.5 Å². The summed E-state index contributed by atoms with van der Waals surface area (Å²) in [6, 6.07) is 8.04. The van der Waals surface area contributed by atoms with Crippen LogP contribution >= 0.6 is 0 Å². The van der Waals surface area contributed by atoms with Crippen LogP contribution in [-0.2, 0) is 11.2 Å². The quantitative estimate of drug-likeness (QED) is 0.819. The zero-order valence-corrected chi connectivity index (χ0v) is 9.58. The van der Waals surface area contributed by atoms with Crippen molar-refractivity contribution in [2.75, 3.05) is 7.05 Å². The maximum absolute atomic E-state index is 11.4. The number of carbonyl (C=O) groups is 1. The molecule has 0 fully saturated rings. The molecule has 1 atom stereocenters. The molecule has 1 aromatic carbocycles. The Balaban J connectivity index is 2.30. The van der Waals surface area contributed by atoms with Gasteiger partial charge in [0, 0.05) is 17.1 Å². The van der Waals surface area contributed by atoms with Crippen LogP contribution in [0.2, 0.25) is 0 Å². The summed E-state index contributed by atoms with van der Waals surface area (Å²) >= 11 is 0. The second-order valence-corrected chi connectivity index (χ2v) is 4.02. The van der Waals surface area contributed by atoms with Crippen molar-refractivity contribution in [3.63, 3.8) is 0 Å². The third-order valence-electron chi connectivity index (χ3n) is 2.94. The molecule has 0 bridgehead atoms. The number of aromatic nitrogens is 1. The lowest BCUT2D eigenvalue weighted by Crippen LogP contribution is -2.34. The number of fused-ring (bicyclic) bond motifs is 1. The van der Waals surface area contributed by atoms with Crippen molar-refractivity contribution in [2.45, 2.75) is 19.4 Å². The number of H-pyrrole nitrogens is 1. The minimum absolute atomic E-state index is 0.0980. The van der Waals surface area contributed by atoms with Crippen molar-refractivity contribution in [2.24, 2.45) is 0 Å². The van der Waals surface area contributed by atoms with E-state index >= 15 is 0 Å². The van der Waals surface area contributed by atoms with Gasteiger partial charge in [-0.05, 0) is 32.0 Å². The Morgan fingerprint density at radius 1 is 1.44 bits per heavy atom. The summed E-state index contributed by atoms with van der Waals surface area (Å²) in [4.78, 5) is 14.6. The number of hydrogen-bond donors (Lipinski definition) is 2. The number of hydrogen-bond acceptors (Lipinski definition) is 2. The molecular weight excluding hydrogens is 200 g/mol. The molecule has 1 aromatic heterocycles. The van der Waals surface area contributed by atoms with E-state index in [0.717, 1.165) is 11.9 Å². The maximum atomic E-state index is 11.4. The second-order valence-electron chi connectivity index (χ2n) is 4.02. The summed E-state index contributed by atoms with van der Waals surface area (Å²) in [6.45, 7) is 1.62. The highest BCUT2D eigenvalue weighted by Gasteiger charge is 2.14.